The molecule has 0 aliphatic heterocycles. The van der Waals surface area contributed by atoms with E-state index in [9.17, 15) is 18.3 Å². The first kappa shape index (κ1) is 13.3. The maximum Gasteiger partial charge on any atom is 0.397 e. The fraction of sp³-hybridized carbons (Fsp3) is 0.833. The summed E-state index contributed by atoms with van der Waals surface area (Å²) in [7, 11) is -4.65. The van der Waals surface area contributed by atoms with Gasteiger partial charge < -0.3 is 10.4 Å². The average molecular weight is 227 g/mol. The maximum absolute atomic E-state index is 11.1. The molecule has 1 amide bonds. The molecule has 8 heteroatoms. The number of amides is 1. The lowest BCUT2D eigenvalue weighted by atomic mass is 10.1. The first-order valence-electron chi connectivity index (χ1n) is 3.81. The van der Waals surface area contributed by atoms with Crippen molar-refractivity contribution in [2.24, 2.45) is 0 Å². The summed E-state index contributed by atoms with van der Waals surface area (Å²) in [6.45, 7) is 2.17. The second-order valence-electron chi connectivity index (χ2n) is 2.82. The molecule has 0 bridgehead atoms. The molecule has 0 aromatic heterocycles. The highest BCUT2D eigenvalue weighted by Crippen LogP contribution is 2.05. The van der Waals surface area contributed by atoms with Crippen molar-refractivity contribution >= 4 is 16.3 Å². The van der Waals surface area contributed by atoms with Crippen LogP contribution in [0, 0.1) is 0 Å². The largest absolute Gasteiger partial charge is 0.397 e. The Bertz CT molecular complexity index is 295. The molecule has 1 atom stereocenters. The number of carbonyl (C=O) groups is 1. The molecule has 0 aliphatic rings. The van der Waals surface area contributed by atoms with Gasteiger partial charge in [-0.15, -0.1) is 0 Å². The number of likely N-dealkylation sites (N-methyl/N-ethyl adjacent to an activating group) is 1. The van der Waals surface area contributed by atoms with Crippen LogP contribution in [0.5, 0.6) is 0 Å². The molecule has 0 rings (SSSR count). The van der Waals surface area contributed by atoms with Gasteiger partial charge in [0, 0.05) is 6.54 Å². The molecule has 1 unspecified atom stereocenters. The van der Waals surface area contributed by atoms with Crippen molar-refractivity contribution in [2.75, 3.05) is 13.2 Å². The van der Waals surface area contributed by atoms with Gasteiger partial charge in [-0.2, -0.15) is 8.42 Å². The number of rotatable bonds is 5. The monoisotopic (exact) mass is 227 g/mol. The van der Waals surface area contributed by atoms with Crippen molar-refractivity contribution in [3.8, 4) is 0 Å². The molecular weight excluding hydrogens is 214 g/mol. The fourth-order valence-electron chi connectivity index (χ4n) is 0.606. The van der Waals surface area contributed by atoms with Gasteiger partial charge in [-0.25, -0.2) is 4.18 Å². The van der Waals surface area contributed by atoms with E-state index in [1.807, 2.05) is 0 Å². The molecular formula is C6H13NO6S. The van der Waals surface area contributed by atoms with Gasteiger partial charge in [0.05, 0.1) is 0 Å². The lowest BCUT2D eigenvalue weighted by Gasteiger charge is -2.20. The summed E-state index contributed by atoms with van der Waals surface area (Å²) in [4.78, 5) is 11.1. The molecule has 0 aromatic carbocycles. The fourth-order valence-corrected chi connectivity index (χ4v) is 0.984. The maximum atomic E-state index is 11.1. The number of aliphatic hydroxyl groups is 1. The SMILES string of the molecule is CCNC(=O)C(C)(O)COS(=O)(=O)O. The standard InChI is InChI=1S/C6H13NO6S/c1-3-7-5(8)6(2,9)4-13-14(10,11)12/h9H,3-4H2,1-2H3,(H,7,8)(H,10,11,12). The molecule has 3 N–H and O–H groups in total. The molecule has 0 fully saturated rings. The smallest absolute Gasteiger partial charge is 0.378 e. The van der Waals surface area contributed by atoms with Crippen LogP contribution in [0.3, 0.4) is 0 Å². The Balaban J connectivity index is 4.27. The minimum atomic E-state index is -4.65. The lowest BCUT2D eigenvalue weighted by molar-refractivity contribution is -0.140. The van der Waals surface area contributed by atoms with E-state index in [4.69, 9.17) is 4.55 Å². The van der Waals surface area contributed by atoms with E-state index < -0.39 is 28.5 Å². The number of nitrogens with one attached hydrogen (secondary N) is 1. The summed E-state index contributed by atoms with van der Waals surface area (Å²) in [6, 6.07) is 0. The van der Waals surface area contributed by atoms with E-state index >= 15 is 0 Å². The van der Waals surface area contributed by atoms with Crippen LogP contribution in [0.15, 0.2) is 0 Å². The highest BCUT2D eigenvalue weighted by Gasteiger charge is 2.31. The van der Waals surface area contributed by atoms with E-state index in [1.54, 1.807) is 6.92 Å². The van der Waals surface area contributed by atoms with Crippen molar-refractivity contribution in [1.29, 1.82) is 0 Å². The Morgan fingerprint density at radius 2 is 2.07 bits per heavy atom. The van der Waals surface area contributed by atoms with Crippen LogP contribution in [0.2, 0.25) is 0 Å². The number of hydrogen-bond donors (Lipinski definition) is 3. The molecule has 0 aliphatic carbocycles. The third-order valence-electron chi connectivity index (χ3n) is 1.32. The van der Waals surface area contributed by atoms with E-state index in [-0.39, 0.29) is 0 Å². The average Bonchev–Trinajstić information content (AvgIpc) is 2.00. The molecule has 84 valence electrons. The van der Waals surface area contributed by atoms with Gasteiger partial charge in [0.15, 0.2) is 5.60 Å². The molecule has 0 saturated carbocycles. The van der Waals surface area contributed by atoms with Crippen LogP contribution in [0.4, 0.5) is 0 Å². The second kappa shape index (κ2) is 4.69. The van der Waals surface area contributed by atoms with Crippen LogP contribution in [-0.4, -0.2) is 42.7 Å². The summed E-state index contributed by atoms with van der Waals surface area (Å²) in [5.74, 6) is -0.774. The molecule has 0 heterocycles. The molecule has 7 nitrogen and oxygen atoms in total. The van der Waals surface area contributed by atoms with E-state index in [0.29, 0.717) is 6.54 Å². The van der Waals surface area contributed by atoms with Crippen LogP contribution >= 0.6 is 0 Å². The van der Waals surface area contributed by atoms with Gasteiger partial charge in [0.2, 0.25) is 0 Å². The van der Waals surface area contributed by atoms with Gasteiger partial charge in [0.25, 0.3) is 5.91 Å². The van der Waals surface area contributed by atoms with Gasteiger partial charge in [-0.3, -0.25) is 9.35 Å². The van der Waals surface area contributed by atoms with Crippen LogP contribution in [0.1, 0.15) is 13.8 Å². The summed E-state index contributed by atoms with van der Waals surface area (Å²) >= 11 is 0. The van der Waals surface area contributed by atoms with Gasteiger partial charge in [0.1, 0.15) is 6.61 Å². The van der Waals surface area contributed by atoms with Crippen LogP contribution in [0.25, 0.3) is 0 Å². The van der Waals surface area contributed by atoms with Crippen molar-refractivity contribution in [3.63, 3.8) is 0 Å². The lowest BCUT2D eigenvalue weighted by Crippen LogP contribution is -2.48. The minimum absolute atomic E-state index is 0.293. The van der Waals surface area contributed by atoms with Crippen LogP contribution < -0.4 is 5.32 Å². The quantitative estimate of drug-likeness (QED) is 0.503. The van der Waals surface area contributed by atoms with Gasteiger partial charge >= 0.3 is 10.4 Å². The van der Waals surface area contributed by atoms with Crippen molar-refractivity contribution in [1.82, 2.24) is 5.32 Å². The number of hydrogen-bond acceptors (Lipinski definition) is 5. The zero-order chi connectivity index (χ0) is 11.4. The molecule has 14 heavy (non-hydrogen) atoms. The molecule has 0 radical (unpaired) electrons. The second-order valence-corrected chi connectivity index (χ2v) is 3.91. The van der Waals surface area contributed by atoms with E-state index in [2.05, 4.69) is 9.50 Å². The first-order valence-corrected chi connectivity index (χ1v) is 5.18. The summed E-state index contributed by atoms with van der Waals surface area (Å²) < 4.78 is 32.4. The van der Waals surface area contributed by atoms with Crippen molar-refractivity contribution < 1.29 is 27.1 Å². The Hall–Kier alpha value is -0.700. The molecule has 0 aromatic rings. The zero-order valence-electron chi connectivity index (χ0n) is 7.85. The summed E-state index contributed by atoms with van der Waals surface area (Å²) in [6.07, 6.45) is 0. The predicted octanol–water partition coefficient (Wildman–Crippen LogP) is -1.31. The van der Waals surface area contributed by atoms with Crippen molar-refractivity contribution in [2.45, 2.75) is 19.4 Å². The Kier molecular flexibility index (Phi) is 4.46. The number of carbonyl (C=O) groups excluding carboxylic acids is 1. The Morgan fingerprint density at radius 3 is 2.43 bits per heavy atom. The van der Waals surface area contributed by atoms with Crippen molar-refractivity contribution in [3.05, 3.63) is 0 Å². The van der Waals surface area contributed by atoms with Crippen LogP contribution in [-0.2, 0) is 19.4 Å². The topological polar surface area (TPSA) is 113 Å². The predicted molar refractivity (Wildman–Crippen MR) is 46.8 cm³/mol. The molecule has 0 spiro atoms. The normalized spacial score (nSPS) is 16.0. The summed E-state index contributed by atoms with van der Waals surface area (Å²) in [5.41, 5.74) is -1.99. The Labute approximate surface area is 82.0 Å². The zero-order valence-corrected chi connectivity index (χ0v) is 8.67. The minimum Gasteiger partial charge on any atom is -0.378 e. The van der Waals surface area contributed by atoms with E-state index in [0.717, 1.165) is 6.92 Å². The Morgan fingerprint density at radius 1 is 1.57 bits per heavy atom. The third-order valence-corrected chi connectivity index (χ3v) is 1.73. The van der Waals surface area contributed by atoms with Gasteiger partial charge in [-0.1, -0.05) is 0 Å². The highest BCUT2D eigenvalue weighted by atomic mass is 32.3. The van der Waals surface area contributed by atoms with Gasteiger partial charge in [-0.05, 0) is 13.8 Å². The first-order chi connectivity index (χ1) is 6.19. The third kappa shape index (κ3) is 5.12. The molecule has 0 saturated heterocycles. The highest BCUT2D eigenvalue weighted by molar-refractivity contribution is 7.80. The summed E-state index contributed by atoms with van der Waals surface area (Å²) in [5, 5.41) is 11.6. The van der Waals surface area contributed by atoms with E-state index in [1.165, 1.54) is 0 Å².